The molecule has 2 unspecified atom stereocenters. The van der Waals surface area contributed by atoms with E-state index >= 15 is 0 Å². The molecule has 0 aliphatic heterocycles. The second-order valence-corrected chi connectivity index (χ2v) is 10.8. The van der Waals surface area contributed by atoms with Crippen molar-refractivity contribution in [3.8, 4) is 0 Å². The maximum absolute atomic E-state index is 12.2. The Hall–Kier alpha value is -2.57. The van der Waals surface area contributed by atoms with Crippen molar-refractivity contribution >= 4 is 23.6 Å². The molecule has 7 heteroatoms. The van der Waals surface area contributed by atoms with Gasteiger partial charge in [-0.3, -0.25) is 0 Å². The number of esters is 2. The van der Waals surface area contributed by atoms with Gasteiger partial charge in [-0.15, -0.1) is 0 Å². The molecular weight excluding hydrogens is 458 g/mol. The van der Waals surface area contributed by atoms with E-state index in [1.165, 1.54) is 78.1 Å². The number of aliphatic carboxylic acids is 1. The molecule has 2 atom stereocenters. The zero-order valence-electron chi connectivity index (χ0n) is 22.9. The lowest BCUT2D eigenvalue weighted by molar-refractivity contribution is -0.168. The molecule has 0 amide bonds. The lowest BCUT2D eigenvalue weighted by Gasteiger charge is -2.17. The molecule has 1 rings (SSSR count). The first-order valence-electron chi connectivity index (χ1n) is 13.5. The highest BCUT2D eigenvalue weighted by molar-refractivity contribution is 5.92. The zero-order chi connectivity index (χ0) is 27.0. The quantitative estimate of drug-likeness (QED) is 0.164. The Morgan fingerprint density at radius 1 is 0.778 bits per heavy atom. The van der Waals surface area contributed by atoms with Gasteiger partial charge in [0, 0.05) is 12.2 Å². The fourth-order valence-corrected chi connectivity index (χ4v) is 3.75. The van der Waals surface area contributed by atoms with Gasteiger partial charge in [0.2, 0.25) is 0 Å². The van der Waals surface area contributed by atoms with Gasteiger partial charge in [0.05, 0.1) is 5.56 Å². The van der Waals surface area contributed by atoms with Gasteiger partial charge in [0.15, 0.2) is 12.2 Å². The summed E-state index contributed by atoms with van der Waals surface area (Å²) in [6.45, 7) is 10.4. The van der Waals surface area contributed by atoms with Crippen molar-refractivity contribution in [3.63, 3.8) is 0 Å². The second kappa shape index (κ2) is 17.0. The van der Waals surface area contributed by atoms with E-state index in [4.69, 9.17) is 14.6 Å². The molecule has 0 aromatic heterocycles. The first-order chi connectivity index (χ1) is 17.0. The van der Waals surface area contributed by atoms with E-state index in [9.17, 15) is 14.4 Å². The molecule has 1 aromatic rings. The molecule has 0 spiro atoms. The third-order valence-corrected chi connectivity index (χ3v) is 6.06. The minimum absolute atomic E-state index is 0.306. The van der Waals surface area contributed by atoms with Gasteiger partial charge in [-0.1, -0.05) is 78.6 Å². The first kappa shape index (κ1) is 31.5. The van der Waals surface area contributed by atoms with Crippen molar-refractivity contribution in [3.05, 3.63) is 29.8 Å². The van der Waals surface area contributed by atoms with Crippen LogP contribution in [-0.2, 0) is 19.1 Å². The van der Waals surface area contributed by atoms with E-state index in [-0.39, 0.29) is 0 Å². The van der Waals surface area contributed by atoms with Crippen molar-refractivity contribution in [2.75, 3.05) is 11.9 Å². The summed E-state index contributed by atoms with van der Waals surface area (Å²) in [5.41, 5.74) is 1.69. The molecule has 1 aromatic carbocycles. The van der Waals surface area contributed by atoms with Gasteiger partial charge in [-0.05, 0) is 56.4 Å². The summed E-state index contributed by atoms with van der Waals surface area (Å²) in [5, 5.41) is 12.2. The molecule has 7 nitrogen and oxygen atoms in total. The van der Waals surface area contributed by atoms with E-state index in [0.29, 0.717) is 11.0 Å². The predicted octanol–water partition coefficient (Wildman–Crippen LogP) is 7.00. The number of carbonyl (C=O) groups is 3. The summed E-state index contributed by atoms with van der Waals surface area (Å²) in [5.74, 6) is -2.83. The van der Waals surface area contributed by atoms with Gasteiger partial charge >= 0.3 is 17.9 Å². The summed E-state index contributed by atoms with van der Waals surface area (Å²) in [6.07, 6.45) is 11.8. The average Bonchev–Trinajstić information content (AvgIpc) is 2.81. The average molecular weight is 506 g/mol. The van der Waals surface area contributed by atoms with Crippen LogP contribution < -0.4 is 5.32 Å². The third kappa shape index (κ3) is 14.7. The fraction of sp³-hybridized carbons (Fsp3) is 0.690. The smallest absolute Gasteiger partial charge is 0.348 e. The SMILES string of the molecule is CC(OC(=O)C(C)OC(=O)c1ccc(NCCCCCCCCCCCCC(C)(C)C)cc1)C(=O)O. The van der Waals surface area contributed by atoms with Gasteiger partial charge in [-0.25, -0.2) is 14.4 Å². The van der Waals surface area contributed by atoms with E-state index in [2.05, 4.69) is 26.1 Å². The number of carboxylic acids is 1. The highest BCUT2D eigenvalue weighted by Crippen LogP contribution is 2.22. The molecule has 36 heavy (non-hydrogen) atoms. The Kier molecular flexibility index (Phi) is 14.8. The minimum atomic E-state index is -1.30. The number of benzene rings is 1. The van der Waals surface area contributed by atoms with Gasteiger partial charge in [-0.2, -0.15) is 0 Å². The molecule has 0 fully saturated rings. The van der Waals surface area contributed by atoms with Gasteiger partial charge < -0.3 is 19.9 Å². The number of hydrogen-bond donors (Lipinski definition) is 2. The number of unbranched alkanes of at least 4 members (excludes halogenated alkanes) is 9. The summed E-state index contributed by atoms with van der Waals surface area (Å²) < 4.78 is 9.80. The largest absolute Gasteiger partial charge is 0.479 e. The van der Waals surface area contributed by atoms with Crippen LogP contribution in [0.15, 0.2) is 24.3 Å². The van der Waals surface area contributed by atoms with E-state index in [1.807, 2.05) is 0 Å². The zero-order valence-corrected chi connectivity index (χ0v) is 22.9. The molecule has 0 bridgehead atoms. The second-order valence-electron chi connectivity index (χ2n) is 10.8. The molecular formula is C29H47NO6. The Bertz CT molecular complexity index is 784. The maximum atomic E-state index is 12.2. The number of anilines is 1. The van der Waals surface area contributed by atoms with Crippen LogP contribution in [0.2, 0.25) is 0 Å². The summed E-state index contributed by atoms with van der Waals surface area (Å²) in [6, 6.07) is 6.86. The summed E-state index contributed by atoms with van der Waals surface area (Å²) in [7, 11) is 0. The molecule has 2 N–H and O–H groups in total. The molecule has 0 saturated heterocycles. The number of carbonyl (C=O) groups excluding carboxylic acids is 2. The summed E-state index contributed by atoms with van der Waals surface area (Å²) in [4.78, 5) is 34.8. The Morgan fingerprint density at radius 2 is 1.28 bits per heavy atom. The number of rotatable bonds is 18. The number of hydrogen-bond acceptors (Lipinski definition) is 6. The standard InChI is InChI=1S/C29H47NO6/c1-22(26(31)32)35-27(33)23(2)36-28(34)24-16-18-25(19-17-24)30-21-15-13-11-9-7-6-8-10-12-14-20-29(3,4)5/h16-19,22-23,30H,6-15,20-21H2,1-5H3,(H,31,32). The minimum Gasteiger partial charge on any atom is -0.479 e. The Balaban J connectivity index is 2.12. The molecule has 0 aliphatic rings. The first-order valence-corrected chi connectivity index (χ1v) is 13.5. The molecule has 0 heterocycles. The van der Waals surface area contributed by atoms with Crippen molar-refractivity contribution in [2.45, 2.75) is 117 Å². The van der Waals surface area contributed by atoms with Crippen LogP contribution in [-0.4, -0.2) is 41.8 Å². The van der Waals surface area contributed by atoms with Crippen LogP contribution in [0.25, 0.3) is 0 Å². The van der Waals surface area contributed by atoms with E-state index in [1.54, 1.807) is 24.3 Å². The third-order valence-electron chi connectivity index (χ3n) is 6.06. The number of ether oxygens (including phenoxy) is 2. The van der Waals surface area contributed by atoms with Crippen LogP contribution in [0.4, 0.5) is 5.69 Å². The van der Waals surface area contributed by atoms with Crippen molar-refractivity contribution in [1.29, 1.82) is 0 Å². The Labute approximate surface area is 217 Å². The van der Waals surface area contributed by atoms with Crippen LogP contribution in [0.1, 0.15) is 116 Å². The fourth-order valence-electron chi connectivity index (χ4n) is 3.75. The number of carboxylic acid groups (broad SMARTS) is 1. The summed E-state index contributed by atoms with van der Waals surface area (Å²) >= 11 is 0. The van der Waals surface area contributed by atoms with Gasteiger partial charge in [0.1, 0.15) is 0 Å². The van der Waals surface area contributed by atoms with Crippen LogP contribution in [0.5, 0.6) is 0 Å². The van der Waals surface area contributed by atoms with Crippen LogP contribution >= 0.6 is 0 Å². The van der Waals surface area contributed by atoms with Crippen molar-refractivity contribution in [1.82, 2.24) is 0 Å². The van der Waals surface area contributed by atoms with Crippen LogP contribution in [0.3, 0.4) is 0 Å². The molecule has 204 valence electrons. The topological polar surface area (TPSA) is 102 Å². The molecule has 0 aliphatic carbocycles. The molecule has 0 saturated carbocycles. The van der Waals surface area contributed by atoms with Crippen molar-refractivity contribution < 1.29 is 29.0 Å². The normalized spacial score (nSPS) is 13.0. The maximum Gasteiger partial charge on any atom is 0.348 e. The van der Waals surface area contributed by atoms with Gasteiger partial charge in [0.25, 0.3) is 0 Å². The van der Waals surface area contributed by atoms with E-state index < -0.39 is 30.1 Å². The predicted molar refractivity (Wildman–Crippen MR) is 143 cm³/mol. The number of nitrogens with one attached hydrogen (secondary N) is 1. The lowest BCUT2D eigenvalue weighted by Crippen LogP contribution is -2.32. The monoisotopic (exact) mass is 505 g/mol. The Morgan fingerprint density at radius 3 is 1.78 bits per heavy atom. The highest BCUT2D eigenvalue weighted by atomic mass is 16.6. The highest BCUT2D eigenvalue weighted by Gasteiger charge is 2.24. The molecule has 0 radical (unpaired) electrons. The van der Waals surface area contributed by atoms with Crippen molar-refractivity contribution in [2.24, 2.45) is 5.41 Å². The lowest BCUT2D eigenvalue weighted by atomic mass is 9.89. The van der Waals surface area contributed by atoms with E-state index in [0.717, 1.165) is 18.7 Å². The van der Waals surface area contributed by atoms with Crippen LogP contribution in [0, 0.1) is 5.41 Å².